The second-order valence-electron chi connectivity index (χ2n) is 4.67. The lowest BCUT2D eigenvalue weighted by atomic mass is 9.58. The Morgan fingerprint density at radius 2 is 1.74 bits per heavy atom. The van der Waals surface area contributed by atoms with Crippen molar-refractivity contribution in [3.05, 3.63) is 0 Å². The average molecular weight is 276 g/mol. The maximum Gasteiger partial charge on any atom is 0.325 e. The second-order valence-corrected chi connectivity index (χ2v) is 4.67. The number of hydrogen-bond acceptors (Lipinski definition) is 4. The van der Waals surface area contributed by atoms with E-state index in [-0.39, 0.29) is 38.5 Å². The van der Waals surface area contributed by atoms with Crippen molar-refractivity contribution in [1.29, 1.82) is 10.8 Å². The van der Waals surface area contributed by atoms with Gasteiger partial charge in [0.25, 0.3) is 5.78 Å². The third-order valence-corrected chi connectivity index (χ3v) is 3.48. The van der Waals surface area contributed by atoms with Crippen LogP contribution >= 0.6 is 0 Å². The first-order chi connectivity index (χ1) is 8.79. The molecule has 1 rings (SSSR count). The van der Waals surface area contributed by atoms with E-state index in [0.717, 1.165) is 6.21 Å². The highest BCUT2D eigenvalue weighted by Crippen LogP contribution is 2.54. The number of nitrogens with one attached hydrogen (secondary N) is 2. The summed E-state index contributed by atoms with van der Waals surface area (Å²) in [5, 5.41) is 13.4. The molecule has 19 heavy (non-hydrogen) atoms. The number of carbonyl (C=O) groups excluding carboxylic acids is 2. The lowest BCUT2D eigenvalue weighted by molar-refractivity contribution is -0.203. The van der Waals surface area contributed by atoms with Crippen LogP contribution in [0.2, 0.25) is 0 Å². The van der Waals surface area contributed by atoms with Gasteiger partial charge in [0.2, 0.25) is 5.78 Å². The minimum absolute atomic E-state index is 0.0749. The molecule has 106 valence electrons. The van der Waals surface area contributed by atoms with Gasteiger partial charge in [-0.1, -0.05) is 0 Å². The van der Waals surface area contributed by atoms with Gasteiger partial charge < -0.3 is 5.41 Å². The number of carbonyl (C=O) groups is 2. The van der Waals surface area contributed by atoms with Crippen LogP contribution in [0.5, 0.6) is 0 Å². The molecule has 0 aliphatic heterocycles. The Balaban J connectivity index is 2.79. The Kier molecular flexibility index (Phi) is 4.60. The lowest BCUT2D eigenvalue weighted by Gasteiger charge is -2.45. The molecule has 1 fully saturated rings. The number of alkyl halides is 2. The quantitative estimate of drug-likeness (QED) is 0.406. The van der Waals surface area contributed by atoms with E-state index in [1.54, 1.807) is 0 Å². The van der Waals surface area contributed by atoms with Gasteiger partial charge in [0, 0.05) is 6.42 Å². The molecular formula is C12H15F3N2O2. The minimum atomic E-state index is -3.70. The Labute approximate surface area is 108 Å². The van der Waals surface area contributed by atoms with Crippen LogP contribution in [0.1, 0.15) is 38.5 Å². The third kappa shape index (κ3) is 2.59. The van der Waals surface area contributed by atoms with Crippen LogP contribution < -0.4 is 0 Å². The van der Waals surface area contributed by atoms with E-state index in [1.807, 2.05) is 0 Å². The summed E-state index contributed by atoms with van der Waals surface area (Å²) >= 11 is 0. The lowest BCUT2D eigenvalue weighted by Crippen LogP contribution is -2.67. The van der Waals surface area contributed by atoms with Crippen LogP contribution in [0.3, 0.4) is 0 Å². The maximum atomic E-state index is 13.7. The highest BCUT2D eigenvalue weighted by Gasteiger charge is 2.74. The van der Waals surface area contributed by atoms with E-state index in [4.69, 9.17) is 10.8 Å². The van der Waals surface area contributed by atoms with Crippen molar-refractivity contribution in [1.82, 2.24) is 0 Å². The van der Waals surface area contributed by atoms with Crippen LogP contribution in [-0.2, 0) is 9.59 Å². The molecular weight excluding hydrogens is 261 g/mol. The van der Waals surface area contributed by atoms with Gasteiger partial charge in [-0.2, -0.15) is 13.2 Å². The van der Waals surface area contributed by atoms with E-state index in [1.165, 1.54) is 0 Å². The zero-order valence-corrected chi connectivity index (χ0v) is 10.3. The van der Waals surface area contributed by atoms with Crippen molar-refractivity contribution < 1.29 is 22.8 Å². The molecule has 1 aliphatic carbocycles. The predicted octanol–water partition coefficient (Wildman–Crippen LogP) is 2.70. The van der Waals surface area contributed by atoms with Crippen molar-refractivity contribution in [2.75, 3.05) is 0 Å². The van der Waals surface area contributed by atoms with Crippen LogP contribution in [0.4, 0.5) is 13.2 Å². The molecule has 0 aromatic heterocycles. The Morgan fingerprint density at radius 3 is 2.21 bits per heavy atom. The van der Waals surface area contributed by atoms with E-state index >= 15 is 0 Å². The van der Waals surface area contributed by atoms with Gasteiger partial charge in [-0.05, 0) is 38.3 Å². The summed E-state index contributed by atoms with van der Waals surface area (Å²) in [7, 11) is 0. The van der Waals surface area contributed by atoms with Crippen LogP contribution in [0.25, 0.3) is 0 Å². The van der Waals surface area contributed by atoms with E-state index in [0.29, 0.717) is 0 Å². The van der Waals surface area contributed by atoms with Crippen molar-refractivity contribution in [3.8, 4) is 0 Å². The van der Waals surface area contributed by atoms with Gasteiger partial charge in [0.05, 0.1) is 0 Å². The first-order valence-corrected chi connectivity index (χ1v) is 5.98. The number of ketones is 2. The molecule has 0 aromatic rings. The summed E-state index contributed by atoms with van der Waals surface area (Å²) in [5.41, 5.74) is -2.05. The van der Waals surface area contributed by atoms with Crippen LogP contribution in [0.15, 0.2) is 0 Å². The van der Waals surface area contributed by atoms with Gasteiger partial charge in [0.1, 0.15) is 5.41 Å². The SMILES string of the molecule is N=CCCCC1(CCCC(=N)F)C(=O)C(=O)C1(F)F. The van der Waals surface area contributed by atoms with E-state index < -0.39 is 28.9 Å². The van der Waals surface area contributed by atoms with Crippen LogP contribution in [0, 0.1) is 16.2 Å². The monoisotopic (exact) mass is 276 g/mol. The summed E-state index contributed by atoms with van der Waals surface area (Å²) in [6.45, 7) is 0. The molecule has 1 saturated carbocycles. The molecule has 0 aromatic carbocycles. The topological polar surface area (TPSA) is 81.8 Å². The highest BCUT2D eigenvalue weighted by atomic mass is 19.3. The van der Waals surface area contributed by atoms with Crippen molar-refractivity contribution >= 4 is 23.7 Å². The zero-order chi connectivity index (χ0) is 14.7. The fraction of sp³-hybridized carbons (Fsp3) is 0.667. The fourth-order valence-electron chi connectivity index (χ4n) is 2.37. The number of hydrogen-bond donors (Lipinski definition) is 2. The van der Waals surface area contributed by atoms with E-state index in [9.17, 15) is 22.8 Å². The molecule has 0 bridgehead atoms. The fourth-order valence-corrected chi connectivity index (χ4v) is 2.37. The molecule has 0 saturated heterocycles. The van der Waals surface area contributed by atoms with Gasteiger partial charge in [-0.25, -0.2) is 0 Å². The first-order valence-electron chi connectivity index (χ1n) is 5.98. The molecule has 4 nitrogen and oxygen atoms in total. The summed E-state index contributed by atoms with van der Waals surface area (Å²) in [5.74, 6) is -7.62. The van der Waals surface area contributed by atoms with Crippen LogP contribution in [-0.4, -0.2) is 29.7 Å². The van der Waals surface area contributed by atoms with Crippen molar-refractivity contribution in [2.24, 2.45) is 5.41 Å². The summed E-state index contributed by atoms with van der Waals surface area (Å²) < 4.78 is 39.6. The summed E-state index contributed by atoms with van der Waals surface area (Å²) in [4.78, 5) is 22.5. The smallest absolute Gasteiger partial charge is 0.313 e. The standard InChI is InChI=1S/C12H15F3N2O2/c13-8(17)4-3-6-11(5-1-2-7-16)9(18)10(19)12(11,14)15/h7,16-17H,1-6H2. The van der Waals surface area contributed by atoms with Crippen molar-refractivity contribution in [3.63, 3.8) is 0 Å². The predicted molar refractivity (Wildman–Crippen MR) is 62.7 cm³/mol. The molecule has 2 N–H and O–H groups in total. The minimum Gasteiger partial charge on any atom is -0.313 e. The number of rotatable bonds is 8. The zero-order valence-electron chi connectivity index (χ0n) is 10.3. The molecule has 1 unspecified atom stereocenters. The van der Waals surface area contributed by atoms with Gasteiger partial charge in [-0.3, -0.25) is 15.0 Å². The number of Topliss-reactive ketones (excluding diaryl/α,β-unsaturated/α-hetero) is 2. The van der Waals surface area contributed by atoms with Gasteiger partial charge in [-0.15, -0.1) is 0 Å². The molecule has 1 aliphatic rings. The van der Waals surface area contributed by atoms with Crippen molar-refractivity contribution in [2.45, 2.75) is 44.4 Å². The normalized spacial score (nSPS) is 25.0. The molecule has 7 heteroatoms. The second kappa shape index (κ2) is 5.63. The summed E-state index contributed by atoms with van der Waals surface area (Å²) in [6, 6.07) is 0. The number of halogens is 3. The third-order valence-electron chi connectivity index (χ3n) is 3.48. The summed E-state index contributed by atoms with van der Waals surface area (Å²) in [6.07, 6.45) is 0.602. The Hall–Kier alpha value is -1.53. The van der Waals surface area contributed by atoms with Gasteiger partial charge >= 0.3 is 5.92 Å². The molecule has 0 heterocycles. The maximum absolute atomic E-state index is 13.7. The molecule has 0 spiro atoms. The van der Waals surface area contributed by atoms with E-state index in [2.05, 4.69) is 0 Å². The first kappa shape index (κ1) is 15.5. The highest BCUT2D eigenvalue weighted by molar-refractivity contribution is 6.49. The Morgan fingerprint density at radius 1 is 1.16 bits per heavy atom. The molecule has 1 atom stereocenters. The average Bonchev–Trinajstić information content (AvgIpc) is 2.34. The largest absolute Gasteiger partial charge is 0.325 e. The van der Waals surface area contributed by atoms with Gasteiger partial charge in [0.15, 0.2) is 5.97 Å². The number of unbranched alkanes of at least 4 members (excludes halogenated alkanes) is 1. The Bertz CT molecular complexity index is 423. The molecule has 0 amide bonds. The molecule has 0 radical (unpaired) electrons.